The van der Waals surface area contributed by atoms with E-state index in [1.807, 2.05) is 18.3 Å². The second-order valence-corrected chi connectivity index (χ2v) is 5.51. The Balaban J connectivity index is 2.16. The highest BCUT2D eigenvalue weighted by atomic mass is 16.5. The number of esters is 1. The minimum absolute atomic E-state index is 0.296. The van der Waals surface area contributed by atoms with Crippen molar-refractivity contribution in [3.8, 4) is 11.1 Å². The predicted molar refractivity (Wildman–Crippen MR) is 88.3 cm³/mol. The van der Waals surface area contributed by atoms with Crippen LogP contribution in [0.5, 0.6) is 0 Å². The van der Waals surface area contributed by atoms with E-state index in [-0.39, 0.29) is 5.97 Å². The van der Waals surface area contributed by atoms with E-state index >= 15 is 0 Å². The molecule has 0 bridgehead atoms. The second kappa shape index (κ2) is 7.55. The molecule has 3 nitrogen and oxygen atoms in total. The van der Waals surface area contributed by atoms with Crippen LogP contribution in [0.15, 0.2) is 60.4 Å². The van der Waals surface area contributed by atoms with Crippen molar-refractivity contribution in [1.82, 2.24) is 4.98 Å². The molecule has 0 atom stereocenters. The van der Waals surface area contributed by atoms with E-state index in [1.54, 1.807) is 12.3 Å². The van der Waals surface area contributed by atoms with Gasteiger partial charge in [-0.05, 0) is 35.1 Å². The van der Waals surface area contributed by atoms with Crippen LogP contribution in [-0.2, 0) is 16.0 Å². The van der Waals surface area contributed by atoms with Crippen LogP contribution in [0.1, 0.15) is 19.4 Å². The van der Waals surface area contributed by atoms with Crippen molar-refractivity contribution in [2.75, 3.05) is 7.11 Å². The first-order valence-corrected chi connectivity index (χ1v) is 7.38. The SMILES string of the molecule is COC(=O)/C=C(/Cc1ccc(-c2cccnc2)cc1)C(C)C. The Hall–Kier alpha value is -2.42. The summed E-state index contributed by atoms with van der Waals surface area (Å²) in [4.78, 5) is 15.6. The van der Waals surface area contributed by atoms with Gasteiger partial charge in [0.15, 0.2) is 0 Å². The molecule has 2 rings (SSSR count). The molecular formula is C19H21NO2. The molecule has 22 heavy (non-hydrogen) atoms. The molecule has 0 saturated heterocycles. The van der Waals surface area contributed by atoms with Crippen LogP contribution in [0.3, 0.4) is 0 Å². The lowest BCUT2D eigenvalue weighted by Crippen LogP contribution is -2.04. The fourth-order valence-corrected chi connectivity index (χ4v) is 2.22. The minimum Gasteiger partial charge on any atom is -0.466 e. The first kappa shape index (κ1) is 16.0. The summed E-state index contributed by atoms with van der Waals surface area (Å²) in [7, 11) is 1.40. The maximum absolute atomic E-state index is 11.5. The van der Waals surface area contributed by atoms with Crippen molar-refractivity contribution in [3.63, 3.8) is 0 Å². The number of nitrogens with zero attached hydrogens (tertiary/aromatic N) is 1. The normalized spacial score (nSPS) is 11.5. The quantitative estimate of drug-likeness (QED) is 0.617. The zero-order valence-corrected chi connectivity index (χ0v) is 13.2. The molecule has 0 amide bonds. The van der Waals surface area contributed by atoms with Crippen LogP contribution < -0.4 is 0 Å². The summed E-state index contributed by atoms with van der Waals surface area (Å²) in [5, 5.41) is 0. The van der Waals surface area contributed by atoms with Gasteiger partial charge >= 0.3 is 5.97 Å². The molecule has 1 aromatic heterocycles. The number of pyridine rings is 1. The smallest absolute Gasteiger partial charge is 0.330 e. The zero-order chi connectivity index (χ0) is 15.9. The molecule has 0 radical (unpaired) electrons. The average molecular weight is 295 g/mol. The number of hydrogen-bond donors (Lipinski definition) is 0. The van der Waals surface area contributed by atoms with E-state index in [0.29, 0.717) is 5.92 Å². The first-order valence-electron chi connectivity index (χ1n) is 7.38. The molecule has 1 heterocycles. The third-order valence-corrected chi connectivity index (χ3v) is 3.60. The molecule has 2 aromatic rings. The monoisotopic (exact) mass is 295 g/mol. The molecule has 0 fully saturated rings. The summed E-state index contributed by atoms with van der Waals surface area (Å²) in [5.74, 6) is 0.00720. The zero-order valence-electron chi connectivity index (χ0n) is 13.2. The third kappa shape index (κ3) is 4.29. The molecule has 0 unspecified atom stereocenters. The van der Waals surface area contributed by atoms with Gasteiger partial charge in [0.25, 0.3) is 0 Å². The number of hydrogen-bond acceptors (Lipinski definition) is 3. The summed E-state index contributed by atoms with van der Waals surface area (Å²) in [6.45, 7) is 4.16. The lowest BCUT2D eigenvalue weighted by molar-refractivity contribution is -0.134. The Morgan fingerprint density at radius 2 is 1.91 bits per heavy atom. The first-order chi connectivity index (χ1) is 10.6. The fourth-order valence-electron chi connectivity index (χ4n) is 2.22. The van der Waals surface area contributed by atoms with Crippen molar-refractivity contribution in [2.45, 2.75) is 20.3 Å². The molecule has 0 aliphatic carbocycles. The topological polar surface area (TPSA) is 39.2 Å². The number of allylic oxidation sites excluding steroid dienone is 1. The van der Waals surface area contributed by atoms with E-state index in [2.05, 4.69) is 43.1 Å². The summed E-state index contributed by atoms with van der Waals surface area (Å²) >= 11 is 0. The van der Waals surface area contributed by atoms with Crippen molar-refractivity contribution in [2.24, 2.45) is 5.92 Å². The Labute approximate surface area is 131 Å². The van der Waals surface area contributed by atoms with E-state index in [1.165, 1.54) is 12.7 Å². The Kier molecular flexibility index (Phi) is 5.48. The van der Waals surface area contributed by atoms with Crippen LogP contribution in [0.4, 0.5) is 0 Å². The average Bonchev–Trinajstić information content (AvgIpc) is 2.55. The van der Waals surface area contributed by atoms with Crippen molar-refractivity contribution < 1.29 is 9.53 Å². The number of methoxy groups -OCH3 is 1. The van der Waals surface area contributed by atoms with Crippen LogP contribution in [0, 0.1) is 5.92 Å². The number of carbonyl (C=O) groups excluding carboxylic acids is 1. The van der Waals surface area contributed by atoms with Gasteiger partial charge < -0.3 is 4.74 Å². The van der Waals surface area contributed by atoms with E-state index < -0.39 is 0 Å². The molecule has 0 aliphatic heterocycles. The molecule has 3 heteroatoms. The number of ether oxygens (including phenoxy) is 1. The van der Waals surface area contributed by atoms with Gasteiger partial charge in [-0.25, -0.2) is 4.79 Å². The van der Waals surface area contributed by atoms with Gasteiger partial charge in [0.05, 0.1) is 7.11 Å². The highest BCUT2D eigenvalue weighted by Gasteiger charge is 2.08. The van der Waals surface area contributed by atoms with Crippen LogP contribution in [-0.4, -0.2) is 18.1 Å². The van der Waals surface area contributed by atoms with Crippen molar-refractivity contribution >= 4 is 5.97 Å². The standard InChI is InChI=1S/C19H21NO2/c1-14(2)18(12-19(21)22-3)11-15-6-8-16(9-7-15)17-5-4-10-20-13-17/h4-10,12-14H,11H2,1-3H3/b18-12-. The summed E-state index contributed by atoms with van der Waals surface area (Å²) in [6, 6.07) is 12.3. The Morgan fingerprint density at radius 3 is 2.45 bits per heavy atom. The molecule has 1 aromatic carbocycles. The third-order valence-electron chi connectivity index (χ3n) is 3.60. The maximum atomic E-state index is 11.5. The molecule has 0 aliphatic rings. The number of aromatic nitrogens is 1. The molecule has 0 saturated carbocycles. The van der Waals surface area contributed by atoms with Crippen molar-refractivity contribution in [1.29, 1.82) is 0 Å². The molecule has 0 N–H and O–H groups in total. The summed E-state index contributed by atoms with van der Waals surface area (Å²) < 4.78 is 4.72. The second-order valence-electron chi connectivity index (χ2n) is 5.51. The molecule has 0 spiro atoms. The van der Waals surface area contributed by atoms with Gasteiger partial charge in [-0.1, -0.05) is 49.8 Å². The van der Waals surface area contributed by atoms with Gasteiger partial charge in [-0.2, -0.15) is 0 Å². The predicted octanol–water partition coefficient (Wildman–Crippen LogP) is 4.05. The van der Waals surface area contributed by atoms with Gasteiger partial charge in [0.1, 0.15) is 0 Å². The minimum atomic E-state index is -0.296. The lowest BCUT2D eigenvalue weighted by Gasteiger charge is -2.12. The van der Waals surface area contributed by atoms with Crippen LogP contribution in [0.2, 0.25) is 0 Å². The number of carbonyl (C=O) groups is 1. The van der Waals surface area contributed by atoms with Gasteiger partial charge in [0.2, 0.25) is 0 Å². The van der Waals surface area contributed by atoms with Crippen molar-refractivity contribution in [3.05, 3.63) is 66.0 Å². The highest BCUT2D eigenvalue weighted by Crippen LogP contribution is 2.21. The fraction of sp³-hybridized carbons (Fsp3) is 0.263. The van der Waals surface area contributed by atoms with Crippen LogP contribution in [0.25, 0.3) is 11.1 Å². The van der Waals surface area contributed by atoms with Gasteiger partial charge in [0, 0.05) is 18.5 Å². The summed E-state index contributed by atoms with van der Waals surface area (Å²) in [6.07, 6.45) is 5.97. The Bertz CT molecular complexity index is 643. The largest absolute Gasteiger partial charge is 0.466 e. The van der Waals surface area contributed by atoms with E-state index in [0.717, 1.165) is 23.1 Å². The maximum Gasteiger partial charge on any atom is 0.330 e. The molecular weight excluding hydrogens is 274 g/mol. The van der Waals surface area contributed by atoms with Crippen LogP contribution >= 0.6 is 0 Å². The number of benzene rings is 1. The summed E-state index contributed by atoms with van der Waals surface area (Å²) in [5.41, 5.74) is 4.49. The van der Waals surface area contributed by atoms with Gasteiger partial charge in [-0.3, -0.25) is 4.98 Å². The van der Waals surface area contributed by atoms with E-state index in [9.17, 15) is 4.79 Å². The lowest BCUT2D eigenvalue weighted by atomic mass is 9.94. The van der Waals surface area contributed by atoms with Gasteiger partial charge in [-0.15, -0.1) is 0 Å². The highest BCUT2D eigenvalue weighted by molar-refractivity contribution is 5.82. The van der Waals surface area contributed by atoms with E-state index in [4.69, 9.17) is 4.74 Å². The molecule has 114 valence electrons. The Morgan fingerprint density at radius 1 is 1.18 bits per heavy atom. The number of rotatable bonds is 5.